The molecule has 0 spiro atoms. The van der Waals surface area contributed by atoms with Crippen LogP contribution >= 0.6 is 0 Å². The fraction of sp³-hybridized carbons (Fsp3) is 0.444. The van der Waals surface area contributed by atoms with Crippen LogP contribution in [0.2, 0.25) is 0 Å². The van der Waals surface area contributed by atoms with Crippen LogP contribution in [0.3, 0.4) is 0 Å². The van der Waals surface area contributed by atoms with Crippen molar-refractivity contribution in [2.75, 3.05) is 0 Å². The minimum atomic E-state index is -1.78. The van der Waals surface area contributed by atoms with E-state index in [0.717, 1.165) is 18.2 Å². The number of aliphatic hydroxyl groups is 5. The molecular weight excluding hydrogens is 548 g/mol. The Kier molecular flexibility index (Phi) is 7.61. The van der Waals surface area contributed by atoms with Gasteiger partial charge in [-0.1, -0.05) is 0 Å². The van der Waals surface area contributed by atoms with Gasteiger partial charge in [-0.25, -0.2) is 0 Å². The zero-order valence-corrected chi connectivity index (χ0v) is 21.7. The molecule has 3 heterocycles. The summed E-state index contributed by atoms with van der Waals surface area (Å²) in [5, 5.41) is 93.2. The predicted molar refractivity (Wildman–Crippen MR) is 137 cm³/mol. The highest BCUT2D eigenvalue weighted by atomic mass is 16.7. The summed E-state index contributed by atoms with van der Waals surface area (Å²) in [4.78, 5) is 13.1. The van der Waals surface area contributed by atoms with Crippen LogP contribution in [0.4, 0.5) is 0 Å². The van der Waals surface area contributed by atoms with Crippen LogP contribution in [0.25, 0.3) is 22.3 Å². The van der Waals surface area contributed by atoms with Gasteiger partial charge >= 0.3 is 0 Å². The number of aliphatic hydroxyl groups excluding tert-OH is 5. The molecule has 5 rings (SSSR count). The Bertz CT molecular complexity index is 1500. The molecule has 222 valence electrons. The van der Waals surface area contributed by atoms with Crippen molar-refractivity contribution in [2.24, 2.45) is 0 Å². The van der Waals surface area contributed by atoms with E-state index in [1.165, 1.54) is 26.0 Å². The zero-order valence-electron chi connectivity index (χ0n) is 21.7. The van der Waals surface area contributed by atoms with Gasteiger partial charge in [0.25, 0.3) is 0 Å². The monoisotopic (exact) mass is 578 g/mol. The number of phenolic OH excluding ortho intramolecular Hbond substituents is 4. The molecule has 2 saturated heterocycles. The first-order valence-electron chi connectivity index (χ1n) is 12.7. The Labute approximate surface area is 231 Å². The molecule has 2 aromatic carbocycles. The molecule has 0 bridgehead atoms. The standard InChI is InChI=1S/C27H30O14/c1-8-20(33)23(36)26(41-27-24(37)22(35)19(32)9(2)39-27)25(38-8)18-14(31)7-16-17(21(18)34)13(30)6-15(40-16)10-3-4-11(28)12(29)5-10/h3-9,19-20,22-29,31-37H,1-2H3/t8-,9+,19+,20-,22-,23+,24-,25+,26-,27+/m1/s1. The van der Waals surface area contributed by atoms with Gasteiger partial charge in [0.1, 0.15) is 71.0 Å². The number of rotatable bonds is 4. The molecule has 41 heavy (non-hydrogen) atoms. The highest BCUT2D eigenvalue weighted by Crippen LogP contribution is 2.46. The van der Waals surface area contributed by atoms with Crippen molar-refractivity contribution in [2.45, 2.75) is 75.1 Å². The Morgan fingerprint density at radius 3 is 2.07 bits per heavy atom. The van der Waals surface area contributed by atoms with Crippen molar-refractivity contribution in [3.63, 3.8) is 0 Å². The third-order valence-electron chi connectivity index (χ3n) is 7.48. The van der Waals surface area contributed by atoms with Gasteiger partial charge in [0.05, 0.1) is 17.8 Å². The summed E-state index contributed by atoms with van der Waals surface area (Å²) in [5.41, 5.74) is -1.20. The lowest BCUT2D eigenvalue weighted by atomic mass is 9.89. The highest BCUT2D eigenvalue weighted by molar-refractivity contribution is 5.88. The zero-order chi connectivity index (χ0) is 29.9. The lowest BCUT2D eigenvalue weighted by Crippen LogP contribution is -2.61. The van der Waals surface area contributed by atoms with Gasteiger partial charge in [-0.05, 0) is 32.0 Å². The van der Waals surface area contributed by atoms with Crippen molar-refractivity contribution in [1.82, 2.24) is 0 Å². The van der Waals surface area contributed by atoms with E-state index >= 15 is 0 Å². The fourth-order valence-corrected chi connectivity index (χ4v) is 5.11. The third-order valence-corrected chi connectivity index (χ3v) is 7.48. The van der Waals surface area contributed by atoms with Crippen molar-refractivity contribution >= 4 is 11.0 Å². The Hall–Kier alpha value is -3.47. The van der Waals surface area contributed by atoms with Crippen LogP contribution in [0.15, 0.2) is 39.5 Å². The average Bonchev–Trinajstić information content (AvgIpc) is 2.92. The van der Waals surface area contributed by atoms with Crippen LogP contribution in [-0.2, 0) is 14.2 Å². The SMILES string of the molecule is C[C@@H]1O[C@@H](O[C@@H]2[C@@H](O)[C@H](O)[C@@H](C)O[C@H]2c2c(O)cc3oc(-c4ccc(O)c(O)c4)cc(=O)c3c2O)[C@H](O)[C@H](O)[C@H]1O. The first-order chi connectivity index (χ1) is 19.3. The second-order valence-electron chi connectivity index (χ2n) is 10.2. The van der Waals surface area contributed by atoms with Crippen molar-refractivity contribution in [3.05, 3.63) is 46.1 Å². The average molecular weight is 579 g/mol. The topological polar surface area (TPSA) is 240 Å². The molecule has 2 fully saturated rings. The summed E-state index contributed by atoms with van der Waals surface area (Å²) >= 11 is 0. The molecular formula is C27H30O14. The Balaban J connectivity index is 1.58. The first-order valence-corrected chi connectivity index (χ1v) is 12.7. The van der Waals surface area contributed by atoms with E-state index in [9.17, 15) is 50.8 Å². The van der Waals surface area contributed by atoms with Crippen molar-refractivity contribution in [1.29, 1.82) is 0 Å². The molecule has 2 aliphatic heterocycles. The van der Waals surface area contributed by atoms with E-state index in [2.05, 4.69) is 0 Å². The summed E-state index contributed by atoms with van der Waals surface area (Å²) in [6, 6.07) is 5.75. The number of aromatic hydroxyl groups is 4. The van der Waals surface area contributed by atoms with E-state index in [1.54, 1.807) is 0 Å². The van der Waals surface area contributed by atoms with Crippen LogP contribution in [0.5, 0.6) is 23.0 Å². The smallest absolute Gasteiger partial charge is 0.197 e. The molecule has 0 saturated carbocycles. The summed E-state index contributed by atoms with van der Waals surface area (Å²) in [5.74, 6) is -2.34. The Morgan fingerprint density at radius 1 is 0.732 bits per heavy atom. The van der Waals surface area contributed by atoms with E-state index in [4.69, 9.17) is 18.6 Å². The molecule has 0 aliphatic carbocycles. The largest absolute Gasteiger partial charge is 0.507 e. The number of benzene rings is 2. The molecule has 0 radical (unpaired) electrons. The number of phenols is 4. The van der Waals surface area contributed by atoms with Gasteiger partial charge in [0.2, 0.25) is 0 Å². The maximum atomic E-state index is 13.1. The third kappa shape index (κ3) is 4.98. The van der Waals surface area contributed by atoms with Crippen molar-refractivity contribution < 1.29 is 64.6 Å². The molecule has 9 N–H and O–H groups in total. The number of hydrogen-bond donors (Lipinski definition) is 9. The maximum Gasteiger partial charge on any atom is 0.197 e. The molecule has 10 atom stereocenters. The summed E-state index contributed by atoms with van der Waals surface area (Å²) in [7, 11) is 0. The van der Waals surface area contributed by atoms with Gasteiger partial charge in [0, 0.05) is 17.7 Å². The highest BCUT2D eigenvalue weighted by Gasteiger charge is 2.50. The van der Waals surface area contributed by atoms with Gasteiger partial charge in [-0.2, -0.15) is 0 Å². The number of hydrogen-bond acceptors (Lipinski definition) is 14. The lowest BCUT2D eigenvalue weighted by molar-refractivity contribution is -0.336. The van der Waals surface area contributed by atoms with E-state index in [1.807, 2.05) is 0 Å². The van der Waals surface area contributed by atoms with Crippen LogP contribution < -0.4 is 5.43 Å². The van der Waals surface area contributed by atoms with Crippen LogP contribution in [0.1, 0.15) is 25.5 Å². The minimum absolute atomic E-state index is 0.0510. The van der Waals surface area contributed by atoms with Gasteiger partial charge < -0.3 is 64.6 Å². The molecule has 0 unspecified atom stereocenters. The van der Waals surface area contributed by atoms with Crippen LogP contribution in [-0.4, -0.2) is 101 Å². The minimum Gasteiger partial charge on any atom is -0.507 e. The number of ether oxygens (including phenoxy) is 3. The molecule has 1 aromatic heterocycles. The summed E-state index contributed by atoms with van der Waals surface area (Å²) < 4.78 is 22.7. The lowest BCUT2D eigenvalue weighted by Gasteiger charge is -2.46. The van der Waals surface area contributed by atoms with Gasteiger partial charge in [-0.3, -0.25) is 4.79 Å². The summed E-state index contributed by atoms with van der Waals surface area (Å²) in [6.07, 6.45) is -15.0. The second kappa shape index (κ2) is 10.7. The van der Waals surface area contributed by atoms with Crippen molar-refractivity contribution in [3.8, 4) is 34.3 Å². The summed E-state index contributed by atoms with van der Waals surface area (Å²) in [6.45, 7) is 2.82. The molecule has 2 aliphatic rings. The van der Waals surface area contributed by atoms with E-state index in [-0.39, 0.29) is 22.3 Å². The molecule has 14 nitrogen and oxygen atoms in total. The van der Waals surface area contributed by atoms with E-state index in [0.29, 0.717) is 0 Å². The van der Waals surface area contributed by atoms with E-state index < -0.39 is 95.2 Å². The fourth-order valence-electron chi connectivity index (χ4n) is 5.11. The normalized spacial score (nSPS) is 34.1. The van der Waals surface area contributed by atoms with Gasteiger partial charge in [0.15, 0.2) is 23.2 Å². The predicted octanol–water partition coefficient (Wildman–Crippen LogP) is -0.323. The molecule has 0 amide bonds. The molecule has 14 heteroatoms. The second-order valence-corrected chi connectivity index (χ2v) is 10.2. The quantitative estimate of drug-likeness (QED) is 0.180. The van der Waals surface area contributed by atoms with Gasteiger partial charge in [-0.15, -0.1) is 0 Å². The molecule has 3 aromatic rings. The first kappa shape index (κ1) is 29.0. The van der Waals surface area contributed by atoms with Crippen LogP contribution in [0, 0.1) is 0 Å². The maximum absolute atomic E-state index is 13.1. The Morgan fingerprint density at radius 2 is 1.39 bits per heavy atom. The number of fused-ring (bicyclic) bond motifs is 1.